The average molecular weight is 378 g/mol. The van der Waals surface area contributed by atoms with Gasteiger partial charge >= 0.3 is 0 Å². The van der Waals surface area contributed by atoms with Gasteiger partial charge in [-0.15, -0.1) is 12.4 Å². The van der Waals surface area contributed by atoms with Crippen LogP contribution in [0.3, 0.4) is 0 Å². The highest BCUT2D eigenvalue weighted by molar-refractivity contribution is 5.85. The number of aromatic nitrogens is 2. The van der Waals surface area contributed by atoms with Gasteiger partial charge in [-0.2, -0.15) is 4.98 Å². The van der Waals surface area contributed by atoms with Gasteiger partial charge in [0.1, 0.15) is 0 Å². The van der Waals surface area contributed by atoms with Crippen LogP contribution in [0.2, 0.25) is 0 Å². The fraction of sp³-hybridized carbons (Fsp3) is 0.500. The molecule has 1 amide bonds. The summed E-state index contributed by atoms with van der Waals surface area (Å²) in [5, 5.41) is 7.52. The lowest BCUT2D eigenvalue weighted by Gasteiger charge is -2.30. The Kier molecular flexibility index (Phi) is 5.90. The largest absolute Gasteiger partial charge is 0.338 e. The molecule has 8 heteroatoms. The van der Waals surface area contributed by atoms with Crippen molar-refractivity contribution in [3.63, 3.8) is 0 Å². The Morgan fingerprint density at radius 3 is 2.77 bits per heavy atom. The zero-order valence-corrected chi connectivity index (χ0v) is 15.7. The first-order chi connectivity index (χ1) is 12.2. The van der Waals surface area contributed by atoms with E-state index in [-0.39, 0.29) is 24.4 Å². The normalized spacial score (nSPS) is 21.0. The fourth-order valence-electron chi connectivity index (χ4n) is 3.43. The van der Waals surface area contributed by atoms with E-state index >= 15 is 0 Å². The summed E-state index contributed by atoms with van der Waals surface area (Å²) in [6.45, 7) is 4.32. The maximum absolute atomic E-state index is 11.7. The molecule has 0 aliphatic carbocycles. The van der Waals surface area contributed by atoms with Gasteiger partial charge in [0.2, 0.25) is 5.91 Å². The van der Waals surface area contributed by atoms with Gasteiger partial charge in [0, 0.05) is 44.7 Å². The molecule has 1 N–H and O–H groups in total. The highest BCUT2D eigenvalue weighted by Gasteiger charge is 2.25. The molecule has 0 saturated carbocycles. The van der Waals surface area contributed by atoms with E-state index in [2.05, 4.69) is 27.4 Å². The Labute approximate surface area is 159 Å². The van der Waals surface area contributed by atoms with Crippen molar-refractivity contribution in [2.24, 2.45) is 0 Å². The summed E-state index contributed by atoms with van der Waals surface area (Å²) in [6.07, 6.45) is 1.64. The average Bonchev–Trinajstić information content (AvgIpc) is 3.26. The lowest BCUT2D eigenvalue weighted by molar-refractivity contribution is -0.128. The van der Waals surface area contributed by atoms with Crippen LogP contribution in [0.1, 0.15) is 30.3 Å². The molecule has 2 saturated heterocycles. The van der Waals surface area contributed by atoms with Crippen molar-refractivity contribution >= 4 is 18.3 Å². The van der Waals surface area contributed by atoms with Crippen molar-refractivity contribution in [3.8, 4) is 11.5 Å². The highest BCUT2D eigenvalue weighted by atomic mass is 35.5. The third-order valence-corrected chi connectivity index (χ3v) is 5.00. The van der Waals surface area contributed by atoms with Gasteiger partial charge in [-0.25, -0.2) is 0 Å². The number of carbonyl (C=O) groups excluding carboxylic acids is 1. The number of halogens is 1. The van der Waals surface area contributed by atoms with Crippen LogP contribution in [-0.4, -0.2) is 59.1 Å². The van der Waals surface area contributed by atoms with Crippen LogP contribution in [0.25, 0.3) is 11.5 Å². The maximum Gasteiger partial charge on any atom is 0.257 e. The molecule has 7 nitrogen and oxygen atoms in total. The van der Waals surface area contributed by atoms with Gasteiger partial charge < -0.3 is 14.7 Å². The summed E-state index contributed by atoms with van der Waals surface area (Å²) < 4.78 is 5.46. The molecule has 26 heavy (non-hydrogen) atoms. The Morgan fingerprint density at radius 1 is 1.27 bits per heavy atom. The first-order valence-electron chi connectivity index (χ1n) is 8.82. The number of hydrogen-bond acceptors (Lipinski definition) is 6. The second kappa shape index (κ2) is 8.16. The first-order valence-corrected chi connectivity index (χ1v) is 8.82. The van der Waals surface area contributed by atoms with Gasteiger partial charge in [0.25, 0.3) is 5.89 Å². The van der Waals surface area contributed by atoms with E-state index in [1.54, 1.807) is 0 Å². The summed E-state index contributed by atoms with van der Waals surface area (Å²) in [6, 6.07) is 8.16. The van der Waals surface area contributed by atoms with E-state index in [0.29, 0.717) is 18.9 Å². The van der Waals surface area contributed by atoms with Crippen molar-refractivity contribution in [2.75, 3.05) is 33.2 Å². The van der Waals surface area contributed by atoms with Crippen LogP contribution >= 0.6 is 12.4 Å². The Hall–Kier alpha value is -1.96. The smallest absolute Gasteiger partial charge is 0.257 e. The summed E-state index contributed by atoms with van der Waals surface area (Å²) >= 11 is 0. The number of likely N-dealkylation sites (tertiary alicyclic amines) is 1. The monoisotopic (exact) mass is 377 g/mol. The number of amides is 1. The van der Waals surface area contributed by atoms with Gasteiger partial charge in [-0.05, 0) is 31.2 Å². The van der Waals surface area contributed by atoms with E-state index in [9.17, 15) is 4.79 Å². The van der Waals surface area contributed by atoms with Gasteiger partial charge in [-0.3, -0.25) is 9.69 Å². The standard InChI is InChI=1S/C18H23N5O2.ClH/c1-22-10-8-19-11-15(22)17-20-18(25-21-17)14-6-4-13(5-7-14)12-23-9-2-3-16(23)24;/h4-7,15,19H,2-3,8-12H2,1H3;1H. The minimum Gasteiger partial charge on any atom is -0.338 e. The maximum atomic E-state index is 11.7. The van der Waals surface area contributed by atoms with Crippen LogP contribution in [0.15, 0.2) is 28.8 Å². The molecule has 2 aliphatic rings. The summed E-state index contributed by atoms with van der Waals surface area (Å²) in [7, 11) is 2.08. The molecule has 0 radical (unpaired) electrons. The summed E-state index contributed by atoms with van der Waals surface area (Å²) in [4.78, 5) is 20.5. The molecule has 4 rings (SSSR count). The van der Waals surface area contributed by atoms with E-state index in [4.69, 9.17) is 4.52 Å². The number of rotatable bonds is 4. The van der Waals surface area contributed by atoms with E-state index in [1.807, 2.05) is 29.2 Å². The molecule has 1 atom stereocenters. The predicted octanol–water partition coefficient (Wildman–Crippen LogP) is 1.86. The Morgan fingerprint density at radius 2 is 2.08 bits per heavy atom. The summed E-state index contributed by atoms with van der Waals surface area (Å²) in [5.74, 6) is 1.50. The third kappa shape index (κ3) is 3.90. The van der Waals surface area contributed by atoms with E-state index in [0.717, 1.165) is 49.6 Å². The minimum absolute atomic E-state index is 0. The van der Waals surface area contributed by atoms with E-state index in [1.165, 1.54) is 0 Å². The van der Waals surface area contributed by atoms with Crippen molar-refractivity contribution in [3.05, 3.63) is 35.7 Å². The quantitative estimate of drug-likeness (QED) is 0.876. The third-order valence-electron chi connectivity index (χ3n) is 5.00. The van der Waals surface area contributed by atoms with Crippen molar-refractivity contribution < 1.29 is 9.32 Å². The van der Waals surface area contributed by atoms with Crippen LogP contribution < -0.4 is 5.32 Å². The van der Waals surface area contributed by atoms with Crippen molar-refractivity contribution in [1.82, 2.24) is 25.3 Å². The number of benzene rings is 1. The predicted molar refractivity (Wildman–Crippen MR) is 99.9 cm³/mol. The van der Waals surface area contributed by atoms with Crippen LogP contribution in [0, 0.1) is 0 Å². The molecule has 2 fully saturated rings. The van der Waals surface area contributed by atoms with E-state index < -0.39 is 0 Å². The number of nitrogens with zero attached hydrogens (tertiary/aromatic N) is 4. The molecule has 1 aromatic carbocycles. The molecular weight excluding hydrogens is 354 g/mol. The topological polar surface area (TPSA) is 74.5 Å². The molecule has 2 aromatic rings. The second-order valence-electron chi connectivity index (χ2n) is 6.77. The SMILES string of the molecule is CN1CCNCC1c1noc(-c2ccc(CN3CCCC3=O)cc2)n1.Cl. The lowest BCUT2D eigenvalue weighted by atomic mass is 10.1. The molecule has 3 heterocycles. The summed E-state index contributed by atoms with van der Waals surface area (Å²) in [5.41, 5.74) is 2.02. The van der Waals surface area contributed by atoms with Gasteiger partial charge in [0.05, 0.1) is 6.04 Å². The molecular formula is C18H24ClN5O2. The number of likely N-dealkylation sites (N-methyl/N-ethyl adjacent to an activating group) is 1. The fourth-order valence-corrected chi connectivity index (χ4v) is 3.43. The Balaban J connectivity index is 0.00000196. The highest BCUT2D eigenvalue weighted by Crippen LogP contribution is 2.23. The van der Waals surface area contributed by atoms with Crippen LogP contribution in [0.4, 0.5) is 0 Å². The Bertz CT molecular complexity index is 748. The van der Waals surface area contributed by atoms with Gasteiger partial charge in [-0.1, -0.05) is 17.3 Å². The van der Waals surface area contributed by atoms with Crippen molar-refractivity contribution in [1.29, 1.82) is 0 Å². The van der Waals surface area contributed by atoms with Crippen LogP contribution in [-0.2, 0) is 11.3 Å². The molecule has 1 unspecified atom stereocenters. The molecule has 2 aliphatic heterocycles. The zero-order chi connectivity index (χ0) is 17.2. The zero-order valence-electron chi connectivity index (χ0n) is 14.9. The molecule has 140 valence electrons. The number of piperazine rings is 1. The first kappa shape index (κ1) is 18.8. The second-order valence-corrected chi connectivity index (χ2v) is 6.77. The van der Waals surface area contributed by atoms with Gasteiger partial charge in [0.15, 0.2) is 5.82 Å². The number of nitrogens with one attached hydrogen (secondary N) is 1. The lowest BCUT2D eigenvalue weighted by Crippen LogP contribution is -2.44. The number of hydrogen-bond donors (Lipinski definition) is 1. The molecule has 1 aromatic heterocycles. The minimum atomic E-state index is 0. The molecule has 0 bridgehead atoms. The van der Waals surface area contributed by atoms with Crippen molar-refractivity contribution in [2.45, 2.75) is 25.4 Å². The molecule has 0 spiro atoms. The number of carbonyl (C=O) groups is 1. The van der Waals surface area contributed by atoms with Crippen LogP contribution in [0.5, 0.6) is 0 Å².